The molecule has 18 heavy (non-hydrogen) atoms. The van der Waals surface area contributed by atoms with E-state index in [9.17, 15) is 0 Å². The number of aromatic nitrogens is 1. The molecule has 2 aromatic rings. The van der Waals surface area contributed by atoms with E-state index in [0.717, 1.165) is 22.3 Å². The van der Waals surface area contributed by atoms with Crippen molar-refractivity contribution in [2.45, 2.75) is 13.2 Å². The fourth-order valence-electron chi connectivity index (χ4n) is 1.81. The summed E-state index contributed by atoms with van der Waals surface area (Å²) in [5, 5.41) is 9.09. The second-order valence-corrected chi connectivity index (χ2v) is 5.01. The number of hydrogen-bond acceptors (Lipinski definition) is 3. The van der Waals surface area contributed by atoms with Gasteiger partial charge in [-0.2, -0.15) is 0 Å². The third kappa shape index (κ3) is 3.09. The number of nitrogens with zero attached hydrogens (tertiary/aromatic N) is 2. The summed E-state index contributed by atoms with van der Waals surface area (Å²) in [6.07, 6.45) is 3.60. The third-order valence-corrected chi connectivity index (χ3v) is 3.41. The van der Waals surface area contributed by atoms with Crippen molar-refractivity contribution in [1.82, 2.24) is 4.98 Å². The SMILES string of the molecule is CN(Cc1ccncc1)c1ccc(CO)cc1Br. The van der Waals surface area contributed by atoms with Crippen LogP contribution in [0.2, 0.25) is 0 Å². The smallest absolute Gasteiger partial charge is 0.0682 e. The van der Waals surface area contributed by atoms with Gasteiger partial charge in [0.25, 0.3) is 0 Å². The molecular weight excluding hydrogens is 292 g/mol. The van der Waals surface area contributed by atoms with Crippen LogP contribution in [0.4, 0.5) is 5.69 Å². The Kier molecular flexibility index (Phi) is 4.33. The molecule has 4 heteroatoms. The van der Waals surface area contributed by atoms with Gasteiger partial charge in [0.15, 0.2) is 0 Å². The molecule has 0 amide bonds. The number of hydrogen-bond donors (Lipinski definition) is 1. The highest BCUT2D eigenvalue weighted by Gasteiger charge is 2.07. The lowest BCUT2D eigenvalue weighted by molar-refractivity contribution is 0.282. The standard InChI is InChI=1S/C14H15BrN2O/c1-17(9-11-4-6-16-7-5-11)14-3-2-12(10-18)8-13(14)15/h2-8,18H,9-10H2,1H3. The topological polar surface area (TPSA) is 36.4 Å². The zero-order valence-electron chi connectivity index (χ0n) is 10.2. The molecule has 1 heterocycles. The van der Waals surface area contributed by atoms with E-state index in [1.165, 1.54) is 5.56 Å². The van der Waals surface area contributed by atoms with E-state index in [1.807, 2.05) is 37.4 Å². The summed E-state index contributed by atoms with van der Waals surface area (Å²) in [6, 6.07) is 9.90. The molecule has 1 aromatic heterocycles. The molecular formula is C14H15BrN2O. The van der Waals surface area contributed by atoms with E-state index in [0.29, 0.717) is 0 Å². The maximum atomic E-state index is 9.09. The summed E-state index contributed by atoms with van der Waals surface area (Å²) in [5.41, 5.74) is 3.22. The van der Waals surface area contributed by atoms with Gasteiger partial charge in [0.05, 0.1) is 12.3 Å². The number of rotatable bonds is 4. The number of halogens is 1. The summed E-state index contributed by atoms with van der Waals surface area (Å²) >= 11 is 3.54. The average molecular weight is 307 g/mol. The Morgan fingerprint density at radius 2 is 1.89 bits per heavy atom. The summed E-state index contributed by atoms with van der Waals surface area (Å²) in [7, 11) is 2.04. The van der Waals surface area contributed by atoms with Gasteiger partial charge in [0.2, 0.25) is 0 Å². The van der Waals surface area contributed by atoms with Gasteiger partial charge in [-0.3, -0.25) is 4.98 Å². The first kappa shape index (κ1) is 13.1. The first-order chi connectivity index (χ1) is 8.70. The van der Waals surface area contributed by atoms with Crippen molar-refractivity contribution in [2.75, 3.05) is 11.9 Å². The minimum atomic E-state index is 0.0624. The van der Waals surface area contributed by atoms with Gasteiger partial charge in [-0.1, -0.05) is 6.07 Å². The lowest BCUT2D eigenvalue weighted by Gasteiger charge is -2.21. The Bertz CT molecular complexity index is 516. The maximum absolute atomic E-state index is 9.09. The largest absolute Gasteiger partial charge is 0.392 e. The Morgan fingerprint density at radius 3 is 2.50 bits per heavy atom. The number of benzene rings is 1. The molecule has 0 bridgehead atoms. The van der Waals surface area contributed by atoms with Crippen molar-refractivity contribution < 1.29 is 5.11 Å². The normalized spacial score (nSPS) is 10.4. The molecule has 0 unspecified atom stereocenters. The zero-order chi connectivity index (χ0) is 13.0. The second kappa shape index (κ2) is 5.98. The van der Waals surface area contributed by atoms with Gasteiger partial charge >= 0.3 is 0 Å². The Balaban J connectivity index is 2.16. The average Bonchev–Trinajstić information content (AvgIpc) is 2.39. The van der Waals surface area contributed by atoms with Crippen molar-refractivity contribution in [3.8, 4) is 0 Å². The Morgan fingerprint density at radius 1 is 1.17 bits per heavy atom. The first-order valence-electron chi connectivity index (χ1n) is 5.70. The highest BCUT2D eigenvalue weighted by molar-refractivity contribution is 9.10. The molecule has 1 N–H and O–H groups in total. The van der Waals surface area contributed by atoms with Crippen molar-refractivity contribution in [2.24, 2.45) is 0 Å². The van der Waals surface area contributed by atoms with Gasteiger partial charge in [-0.15, -0.1) is 0 Å². The van der Waals surface area contributed by atoms with Gasteiger partial charge in [-0.05, 0) is 51.3 Å². The van der Waals surface area contributed by atoms with E-state index in [2.05, 4.69) is 25.8 Å². The van der Waals surface area contributed by atoms with Crippen molar-refractivity contribution in [1.29, 1.82) is 0 Å². The molecule has 0 aliphatic heterocycles. The summed E-state index contributed by atoms with van der Waals surface area (Å²) in [6.45, 7) is 0.881. The van der Waals surface area contributed by atoms with E-state index >= 15 is 0 Å². The van der Waals surface area contributed by atoms with Crippen LogP contribution in [0.3, 0.4) is 0 Å². The van der Waals surface area contributed by atoms with Gasteiger partial charge in [-0.25, -0.2) is 0 Å². The van der Waals surface area contributed by atoms with Crippen LogP contribution in [0.15, 0.2) is 47.2 Å². The molecule has 0 saturated carbocycles. The van der Waals surface area contributed by atoms with Crippen LogP contribution < -0.4 is 4.90 Å². The number of aliphatic hydroxyl groups is 1. The number of pyridine rings is 1. The van der Waals surface area contributed by atoms with E-state index in [-0.39, 0.29) is 6.61 Å². The van der Waals surface area contributed by atoms with Crippen LogP contribution in [0, 0.1) is 0 Å². The van der Waals surface area contributed by atoms with E-state index < -0.39 is 0 Å². The third-order valence-electron chi connectivity index (χ3n) is 2.78. The van der Waals surface area contributed by atoms with Crippen LogP contribution in [0.1, 0.15) is 11.1 Å². The van der Waals surface area contributed by atoms with Crippen LogP contribution in [0.25, 0.3) is 0 Å². The quantitative estimate of drug-likeness (QED) is 0.943. The molecule has 2 rings (SSSR count). The van der Waals surface area contributed by atoms with Crippen molar-refractivity contribution in [3.63, 3.8) is 0 Å². The zero-order valence-corrected chi connectivity index (χ0v) is 11.8. The summed E-state index contributed by atoms with van der Waals surface area (Å²) in [5.74, 6) is 0. The monoisotopic (exact) mass is 306 g/mol. The van der Waals surface area contributed by atoms with Crippen LogP contribution >= 0.6 is 15.9 Å². The molecule has 1 aromatic carbocycles. The molecule has 3 nitrogen and oxygen atoms in total. The molecule has 0 fully saturated rings. The summed E-state index contributed by atoms with van der Waals surface area (Å²) < 4.78 is 0.991. The first-order valence-corrected chi connectivity index (χ1v) is 6.49. The molecule has 0 aliphatic carbocycles. The van der Waals surface area contributed by atoms with E-state index in [1.54, 1.807) is 12.4 Å². The van der Waals surface area contributed by atoms with E-state index in [4.69, 9.17) is 5.11 Å². The second-order valence-electron chi connectivity index (χ2n) is 4.16. The molecule has 94 valence electrons. The Hall–Kier alpha value is -1.39. The predicted molar refractivity (Wildman–Crippen MR) is 76.4 cm³/mol. The minimum absolute atomic E-state index is 0.0624. The lowest BCUT2D eigenvalue weighted by Crippen LogP contribution is -2.16. The fraction of sp³-hybridized carbons (Fsp3) is 0.214. The van der Waals surface area contributed by atoms with Crippen molar-refractivity contribution in [3.05, 3.63) is 58.3 Å². The van der Waals surface area contributed by atoms with Gasteiger partial charge in [0.1, 0.15) is 0 Å². The maximum Gasteiger partial charge on any atom is 0.0682 e. The Labute approximate surface area is 115 Å². The number of anilines is 1. The van der Waals surface area contributed by atoms with Crippen LogP contribution in [-0.4, -0.2) is 17.1 Å². The minimum Gasteiger partial charge on any atom is -0.392 e. The molecule has 0 atom stereocenters. The molecule has 0 radical (unpaired) electrons. The molecule has 0 spiro atoms. The van der Waals surface area contributed by atoms with Gasteiger partial charge < -0.3 is 10.0 Å². The van der Waals surface area contributed by atoms with Crippen LogP contribution in [-0.2, 0) is 13.2 Å². The fourth-order valence-corrected chi connectivity index (χ4v) is 2.53. The van der Waals surface area contributed by atoms with Crippen molar-refractivity contribution >= 4 is 21.6 Å². The molecule has 0 saturated heterocycles. The predicted octanol–water partition coefficient (Wildman–Crippen LogP) is 2.97. The van der Waals surface area contributed by atoms with Gasteiger partial charge in [0, 0.05) is 30.5 Å². The lowest BCUT2D eigenvalue weighted by atomic mass is 10.2. The van der Waals surface area contributed by atoms with Crippen LogP contribution in [0.5, 0.6) is 0 Å². The number of aliphatic hydroxyl groups excluding tert-OH is 1. The summed E-state index contributed by atoms with van der Waals surface area (Å²) in [4.78, 5) is 6.16. The molecule has 0 aliphatic rings. The highest BCUT2D eigenvalue weighted by atomic mass is 79.9. The highest BCUT2D eigenvalue weighted by Crippen LogP contribution is 2.27.